The largest absolute Gasteiger partial charge is 0.370 e. The molecule has 12 nitrogen and oxygen atoms in total. The fraction of sp³-hybridized carbons (Fsp3) is 0.321. The minimum Gasteiger partial charge on any atom is -0.370 e. The summed E-state index contributed by atoms with van der Waals surface area (Å²) in [6.07, 6.45) is 5.97. The number of sulfonamides is 1. The second-order valence-corrected chi connectivity index (χ2v) is 11.8. The monoisotopic (exact) mass is 577 g/mol. The number of nitrogens with one attached hydrogen (secondary N) is 6. The van der Waals surface area contributed by atoms with Crippen LogP contribution in [0.25, 0.3) is 28.2 Å². The van der Waals surface area contributed by atoms with E-state index < -0.39 is 10.0 Å². The number of nitrogens with two attached hydrogens (primary N) is 1. The molecule has 13 heteroatoms. The molecule has 2 aromatic carbocycles. The van der Waals surface area contributed by atoms with Crippen LogP contribution in [0.5, 0.6) is 0 Å². The number of aromatic nitrogens is 3. The lowest BCUT2D eigenvalue weighted by atomic mass is 10.1. The van der Waals surface area contributed by atoms with Gasteiger partial charge in [-0.25, -0.2) is 13.1 Å². The van der Waals surface area contributed by atoms with Crippen LogP contribution in [0.2, 0.25) is 0 Å². The van der Waals surface area contributed by atoms with Crippen LogP contribution >= 0.6 is 0 Å². The lowest BCUT2D eigenvalue weighted by molar-refractivity contribution is 0.427. The Labute approximate surface area is 238 Å². The van der Waals surface area contributed by atoms with E-state index in [-0.39, 0.29) is 22.5 Å². The zero-order valence-electron chi connectivity index (χ0n) is 22.6. The van der Waals surface area contributed by atoms with Gasteiger partial charge in [-0.2, -0.15) is 4.98 Å². The molecule has 0 radical (unpaired) electrons. The summed E-state index contributed by atoms with van der Waals surface area (Å²) >= 11 is 0. The molecule has 0 aliphatic carbocycles. The fourth-order valence-electron chi connectivity index (χ4n) is 4.81. The van der Waals surface area contributed by atoms with Gasteiger partial charge in [-0.1, -0.05) is 36.4 Å². The van der Waals surface area contributed by atoms with Crippen LogP contribution in [0.4, 0.5) is 0 Å². The van der Waals surface area contributed by atoms with Crippen molar-refractivity contribution in [2.24, 2.45) is 5.73 Å². The van der Waals surface area contributed by atoms with Gasteiger partial charge in [0.2, 0.25) is 15.8 Å². The first kappa shape index (κ1) is 28.5. The van der Waals surface area contributed by atoms with Crippen LogP contribution in [-0.4, -0.2) is 61.0 Å². The zero-order chi connectivity index (χ0) is 28.8. The number of hydrogen-bond donors (Lipinski definition) is 7. The first-order valence-corrected chi connectivity index (χ1v) is 15.1. The molecule has 4 aromatic rings. The predicted molar refractivity (Wildman–Crippen MR) is 159 cm³/mol. The van der Waals surface area contributed by atoms with Gasteiger partial charge in [-0.3, -0.25) is 14.6 Å². The van der Waals surface area contributed by atoms with E-state index in [0.29, 0.717) is 30.1 Å². The van der Waals surface area contributed by atoms with Crippen LogP contribution in [0, 0.1) is 5.41 Å². The Balaban J connectivity index is 1.26. The van der Waals surface area contributed by atoms with E-state index in [1.54, 1.807) is 34.9 Å². The maximum Gasteiger partial charge on any atom is 0.282 e. The molecule has 0 unspecified atom stereocenters. The topological polar surface area (TPSA) is 182 Å². The van der Waals surface area contributed by atoms with Gasteiger partial charge in [-0.15, -0.1) is 0 Å². The molecule has 5 rings (SSSR count). The minimum atomic E-state index is -3.61. The summed E-state index contributed by atoms with van der Waals surface area (Å²) in [6, 6.07) is 14.4. The molecule has 2 aromatic heterocycles. The van der Waals surface area contributed by atoms with Crippen LogP contribution in [-0.2, 0) is 16.6 Å². The lowest BCUT2D eigenvalue weighted by Gasteiger charge is -2.23. The summed E-state index contributed by atoms with van der Waals surface area (Å²) in [5.74, 6) is 0.376. The molecule has 1 aliphatic rings. The highest BCUT2D eigenvalue weighted by Gasteiger charge is 2.22. The molecule has 0 spiro atoms. The average Bonchev–Trinajstić information content (AvgIpc) is 3.38. The van der Waals surface area contributed by atoms with Gasteiger partial charge >= 0.3 is 0 Å². The smallest absolute Gasteiger partial charge is 0.282 e. The molecule has 3 heterocycles. The Morgan fingerprint density at radius 3 is 2.44 bits per heavy atom. The Kier molecular flexibility index (Phi) is 8.78. The van der Waals surface area contributed by atoms with Gasteiger partial charge in [0.05, 0.1) is 16.2 Å². The van der Waals surface area contributed by atoms with Crippen molar-refractivity contribution in [2.75, 3.05) is 26.2 Å². The van der Waals surface area contributed by atoms with Gasteiger partial charge < -0.3 is 26.7 Å². The molecular formula is C28H35N9O3S. The van der Waals surface area contributed by atoms with Gasteiger partial charge in [0.1, 0.15) is 0 Å². The average molecular weight is 578 g/mol. The number of nitrogens with zero attached hydrogens (tertiary/aromatic N) is 2. The summed E-state index contributed by atoms with van der Waals surface area (Å²) in [5.41, 5.74) is 8.76. The molecule has 8 N–H and O–H groups in total. The van der Waals surface area contributed by atoms with Crippen molar-refractivity contribution in [1.29, 1.82) is 5.41 Å². The van der Waals surface area contributed by atoms with Gasteiger partial charge in [0.15, 0.2) is 5.96 Å². The maximum atomic E-state index is 12.8. The summed E-state index contributed by atoms with van der Waals surface area (Å²) in [4.78, 5) is 20.4. The molecule has 1 fully saturated rings. The molecule has 41 heavy (non-hydrogen) atoms. The predicted octanol–water partition coefficient (Wildman–Crippen LogP) is 1.35. The normalized spacial score (nSPS) is 14.3. The SMILES string of the molecule is N=C(N)NCCCNCc1ccc(-c2cn3cc(-c4ccc(S(=O)(=O)NC5CCNCC5)cc4)[nH]c3nc2=O)cc1. The number of imidazole rings is 1. The second-order valence-electron chi connectivity index (χ2n) is 10.1. The molecule has 0 saturated carbocycles. The summed E-state index contributed by atoms with van der Waals surface area (Å²) in [5, 5.41) is 16.5. The number of piperidine rings is 1. The van der Waals surface area contributed by atoms with Crippen LogP contribution in [0.3, 0.4) is 0 Å². The highest BCUT2D eigenvalue weighted by molar-refractivity contribution is 7.89. The maximum absolute atomic E-state index is 12.8. The van der Waals surface area contributed by atoms with E-state index in [0.717, 1.165) is 55.6 Å². The highest BCUT2D eigenvalue weighted by Crippen LogP contribution is 2.23. The first-order valence-electron chi connectivity index (χ1n) is 13.6. The molecule has 1 aliphatic heterocycles. The van der Waals surface area contributed by atoms with E-state index in [9.17, 15) is 13.2 Å². The van der Waals surface area contributed by atoms with E-state index >= 15 is 0 Å². The van der Waals surface area contributed by atoms with Crippen molar-refractivity contribution in [3.8, 4) is 22.4 Å². The van der Waals surface area contributed by atoms with Crippen molar-refractivity contribution in [3.63, 3.8) is 0 Å². The van der Waals surface area contributed by atoms with E-state index in [1.807, 2.05) is 30.5 Å². The third kappa shape index (κ3) is 7.19. The zero-order valence-corrected chi connectivity index (χ0v) is 23.4. The number of benzene rings is 2. The van der Waals surface area contributed by atoms with Crippen LogP contribution in [0.15, 0.2) is 70.6 Å². The Morgan fingerprint density at radius 2 is 1.73 bits per heavy atom. The Morgan fingerprint density at radius 1 is 1.02 bits per heavy atom. The molecular weight excluding hydrogens is 542 g/mol. The highest BCUT2D eigenvalue weighted by atomic mass is 32.2. The third-order valence-electron chi connectivity index (χ3n) is 7.04. The van der Waals surface area contributed by atoms with Crippen molar-refractivity contribution in [3.05, 3.63) is 76.8 Å². The number of H-pyrrole nitrogens is 1. The number of fused-ring (bicyclic) bond motifs is 1. The summed E-state index contributed by atoms with van der Waals surface area (Å²) in [7, 11) is -3.61. The molecule has 0 bridgehead atoms. The van der Waals surface area contributed by atoms with Crippen molar-refractivity contribution < 1.29 is 8.42 Å². The second kappa shape index (κ2) is 12.6. The van der Waals surface area contributed by atoms with Crippen LogP contribution < -0.4 is 32.0 Å². The number of rotatable bonds is 11. The van der Waals surface area contributed by atoms with Gasteiger partial charge in [0.25, 0.3) is 5.56 Å². The lowest BCUT2D eigenvalue weighted by Crippen LogP contribution is -2.42. The van der Waals surface area contributed by atoms with Crippen molar-refractivity contribution >= 4 is 21.8 Å². The van der Waals surface area contributed by atoms with Gasteiger partial charge in [-0.05, 0) is 67.7 Å². The molecule has 0 amide bonds. The van der Waals surface area contributed by atoms with Crippen molar-refractivity contribution in [1.82, 2.24) is 35.0 Å². The number of guanidine groups is 1. The van der Waals surface area contributed by atoms with Crippen molar-refractivity contribution in [2.45, 2.75) is 36.7 Å². The van der Waals surface area contributed by atoms with E-state index in [2.05, 4.69) is 30.6 Å². The minimum absolute atomic E-state index is 0.0253. The fourth-order valence-corrected chi connectivity index (χ4v) is 6.11. The summed E-state index contributed by atoms with van der Waals surface area (Å²) in [6.45, 7) is 3.72. The molecule has 216 valence electrons. The Bertz CT molecular complexity index is 1660. The first-order chi connectivity index (χ1) is 19.8. The summed E-state index contributed by atoms with van der Waals surface area (Å²) < 4.78 is 30.2. The van der Waals surface area contributed by atoms with E-state index in [1.165, 1.54) is 0 Å². The van der Waals surface area contributed by atoms with Gasteiger partial charge in [0, 0.05) is 31.5 Å². The molecule has 1 saturated heterocycles. The quantitative estimate of drug-likeness (QED) is 0.0792. The number of hydrogen-bond acceptors (Lipinski definition) is 7. The molecule has 0 atom stereocenters. The Hall–Kier alpha value is -4.04. The van der Waals surface area contributed by atoms with E-state index in [4.69, 9.17) is 11.1 Å². The van der Waals surface area contributed by atoms with Crippen LogP contribution in [0.1, 0.15) is 24.8 Å². The third-order valence-corrected chi connectivity index (χ3v) is 8.58. The standard InChI is InChI=1S/C28H35N9O3S/c29-27(30)33-13-1-12-32-16-19-2-4-20(5-3-19)24-17-37-18-25(34-28(37)35-26(24)38)21-6-8-23(9-7-21)41(39,40)36-22-10-14-31-15-11-22/h2-9,17-18,22,31-32,36H,1,10-16H2,(H4,29,30,33)(H,34,35,38). The number of aromatic amines is 1.